The van der Waals surface area contributed by atoms with Crippen molar-refractivity contribution in [1.29, 1.82) is 0 Å². The molecule has 0 amide bonds. The van der Waals surface area contributed by atoms with Gasteiger partial charge in [-0.1, -0.05) is 12.1 Å². The van der Waals surface area contributed by atoms with Crippen LogP contribution in [0.25, 0.3) is 0 Å². The highest BCUT2D eigenvalue weighted by atomic mass is 32.2. The summed E-state index contributed by atoms with van der Waals surface area (Å²) in [5.41, 5.74) is 0.829. The third-order valence-corrected chi connectivity index (χ3v) is 6.30. The Morgan fingerprint density at radius 2 is 1.84 bits per heavy atom. The minimum atomic E-state index is -3.77. The standard InChI is InChI=1S/C18H20FNO4S/c1-23-17-9-8-13(11-18(17)24-2)16-7-4-10-20(16)25(21,22)15-6-3-5-14(19)12-15/h3,5-6,8-9,11-12,16H,4,7,10H2,1-2H3. The Morgan fingerprint density at radius 3 is 2.52 bits per heavy atom. The van der Waals surface area contributed by atoms with Crippen LogP contribution in [0.3, 0.4) is 0 Å². The molecule has 0 spiro atoms. The number of methoxy groups -OCH3 is 2. The molecular formula is C18H20FNO4S. The first-order valence-corrected chi connectivity index (χ1v) is 9.40. The van der Waals surface area contributed by atoms with Crippen LogP contribution in [0.15, 0.2) is 47.4 Å². The van der Waals surface area contributed by atoms with Gasteiger partial charge in [-0.05, 0) is 48.7 Å². The third kappa shape index (κ3) is 3.34. The van der Waals surface area contributed by atoms with Gasteiger partial charge in [-0.3, -0.25) is 0 Å². The van der Waals surface area contributed by atoms with Crippen LogP contribution in [0.1, 0.15) is 24.4 Å². The smallest absolute Gasteiger partial charge is 0.243 e. The molecule has 2 aromatic rings. The van der Waals surface area contributed by atoms with E-state index in [2.05, 4.69) is 0 Å². The first kappa shape index (κ1) is 17.7. The summed E-state index contributed by atoms with van der Waals surface area (Å²) < 4.78 is 51.4. The van der Waals surface area contributed by atoms with Gasteiger partial charge in [0.05, 0.1) is 25.2 Å². The molecule has 0 aliphatic carbocycles. The molecule has 5 nitrogen and oxygen atoms in total. The van der Waals surface area contributed by atoms with Gasteiger partial charge in [0.1, 0.15) is 5.82 Å². The molecule has 7 heteroatoms. The first-order valence-electron chi connectivity index (χ1n) is 7.96. The zero-order valence-corrected chi connectivity index (χ0v) is 14.9. The summed E-state index contributed by atoms with van der Waals surface area (Å²) in [5.74, 6) is 0.571. The number of halogens is 1. The molecule has 1 aliphatic heterocycles. The van der Waals surface area contributed by atoms with Gasteiger partial charge in [0, 0.05) is 6.54 Å². The lowest BCUT2D eigenvalue weighted by Gasteiger charge is -2.25. The monoisotopic (exact) mass is 365 g/mol. The quantitative estimate of drug-likeness (QED) is 0.815. The summed E-state index contributed by atoms with van der Waals surface area (Å²) in [6.07, 6.45) is 1.44. The highest BCUT2D eigenvalue weighted by molar-refractivity contribution is 7.89. The summed E-state index contributed by atoms with van der Waals surface area (Å²) in [6, 6.07) is 10.2. The lowest BCUT2D eigenvalue weighted by molar-refractivity contribution is 0.351. The van der Waals surface area contributed by atoms with Crippen molar-refractivity contribution in [3.8, 4) is 11.5 Å². The highest BCUT2D eigenvalue weighted by Gasteiger charge is 2.36. The van der Waals surface area contributed by atoms with Crippen LogP contribution in [0.5, 0.6) is 11.5 Å². The van der Waals surface area contributed by atoms with Crippen molar-refractivity contribution >= 4 is 10.0 Å². The van der Waals surface area contributed by atoms with Crippen molar-refractivity contribution in [2.75, 3.05) is 20.8 Å². The molecule has 1 fully saturated rings. The van der Waals surface area contributed by atoms with Gasteiger partial charge in [0.15, 0.2) is 11.5 Å². The van der Waals surface area contributed by atoms with E-state index in [4.69, 9.17) is 9.47 Å². The van der Waals surface area contributed by atoms with Crippen molar-refractivity contribution in [2.45, 2.75) is 23.8 Å². The predicted molar refractivity (Wildman–Crippen MR) is 91.8 cm³/mol. The van der Waals surface area contributed by atoms with E-state index in [1.165, 1.54) is 29.6 Å². The summed E-state index contributed by atoms with van der Waals surface area (Å²) >= 11 is 0. The lowest BCUT2D eigenvalue weighted by atomic mass is 10.0. The average Bonchev–Trinajstić information content (AvgIpc) is 3.11. The lowest BCUT2D eigenvalue weighted by Crippen LogP contribution is -2.30. The van der Waals surface area contributed by atoms with Crippen LogP contribution >= 0.6 is 0 Å². The fraction of sp³-hybridized carbons (Fsp3) is 0.333. The van der Waals surface area contributed by atoms with Crippen molar-refractivity contribution in [2.24, 2.45) is 0 Å². The molecule has 0 N–H and O–H groups in total. The fourth-order valence-electron chi connectivity index (χ4n) is 3.18. The zero-order chi connectivity index (χ0) is 18.0. The van der Waals surface area contributed by atoms with E-state index >= 15 is 0 Å². The van der Waals surface area contributed by atoms with Crippen LogP contribution in [0, 0.1) is 5.82 Å². The molecule has 1 aliphatic rings. The molecule has 1 heterocycles. The Hall–Kier alpha value is -2.12. The second kappa shape index (κ2) is 7.01. The van der Waals surface area contributed by atoms with Crippen molar-refractivity contribution < 1.29 is 22.3 Å². The van der Waals surface area contributed by atoms with Crippen molar-refractivity contribution in [1.82, 2.24) is 4.31 Å². The minimum absolute atomic E-state index is 0.0279. The van der Waals surface area contributed by atoms with E-state index in [1.807, 2.05) is 6.07 Å². The summed E-state index contributed by atoms with van der Waals surface area (Å²) in [6.45, 7) is 0.401. The normalized spacial score (nSPS) is 18.3. The van der Waals surface area contributed by atoms with Gasteiger partial charge in [-0.15, -0.1) is 0 Å². The van der Waals surface area contributed by atoms with Crippen LogP contribution in [0.2, 0.25) is 0 Å². The van der Waals surface area contributed by atoms with Crippen LogP contribution in [0.4, 0.5) is 4.39 Å². The number of ether oxygens (including phenoxy) is 2. The number of sulfonamides is 1. The second-order valence-electron chi connectivity index (χ2n) is 5.85. The molecule has 1 saturated heterocycles. The molecule has 134 valence electrons. The molecule has 0 aromatic heterocycles. The number of hydrogen-bond donors (Lipinski definition) is 0. The molecule has 3 rings (SSSR count). The largest absolute Gasteiger partial charge is 0.493 e. The molecule has 25 heavy (non-hydrogen) atoms. The molecular weight excluding hydrogens is 345 g/mol. The van der Waals surface area contributed by atoms with Crippen LogP contribution < -0.4 is 9.47 Å². The Bertz CT molecular complexity index is 869. The minimum Gasteiger partial charge on any atom is -0.493 e. The predicted octanol–water partition coefficient (Wildman–Crippen LogP) is 3.37. The fourth-order valence-corrected chi connectivity index (χ4v) is 4.90. The number of nitrogens with zero attached hydrogens (tertiary/aromatic N) is 1. The summed E-state index contributed by atoms with van der Waals surface area (Å²) in [5, 5.41) is 0. The maximum Gasteiger partial charge on any atom is 0.243 e. The van der Waals surface area contributed by atoms with Crippen molar-refractivity contribution in [3.05, 3.63) is 53.8 Å². The maximum absolute atomic E-state index is 13.5. The van der Waals surface area contributed by atoms with Gasteiger partial charge < -0.3 is 9.47 Å². The SMILES string of the molecule is COc1ccc(C2CCCN2S(=O)(=O)c2cccc(F)c2)cc1OC. The van der Waals surface area contributed by atoms with Gasteiger partial charge in [-0.25, -0.2) is 12.8 Å². The van der Waals surface area contributed by atoms with E-state index in [0.717, 1.165) is 18.1 Å². The zero-order valence-electron chi connectivity index (χ0n) is 14.1. The average molecular weight is 365 g/mol. The molecule has 0 radical (unpaired) electrons. The third-order valence-electron chi connectivity index (χ3n) is 4.40. The summed E-state index contributed by atoms with van der Waals surface area (Å²) in [4.78, 5) is -0.0279. The van der Waals surface area contributed by atoms with E-state index in [0.29, 0.717) is 24.5 Å². The number of benzene rings is 2. The van der Waals surface area contributed by atoms with E-state index in [9.17, 15) is 12.8 Å². The van der Waals surface area contributed by atoms with Gasteiger partial charge in [0.25, 0.3) is 0 Å². The Balaban J connectivity index is 1.98. The first-order chi connectivity index (χ1) is 12.0. The topological polar surface area (TPSA) is 55.8 Å². The Labute approximate surface area is 147 Å². The second-order valence-corrected chi connectivity index (χ2v) is 7.74. The van der Waals surface area contributed by atoms with Gasteiger partial charge in [-0.2, -0.15) is 4.31 Å². The molecule has 1 atom stereocenters. The molecule has 0 saturated carbocycles. The Morgan fingerprint density at radius 1 is 1.08 bits per heavy atom. The number of hydrogen-bond acceptors (Lipinski definition) is 4. The van der Waals surface area contributed by atoms with Gasteiger partial charge >= 0.3 is 0 Å². The van der Waals surface area contributed by atoms with E-state index in [1.54, 1.807) is 19.2 Å². The molecule has 1 unspecified atom stereocenters. The van der Waals surface area contributed by atoms with Crippen LogP contribution in [-0.2, 0) is 10.0 Å². The number of rotatable bonds is 5. The Kier molecular flexibility index (Phi) is 4.96. The van der Waals surface area contributed by atoms with E-state index < -0.39 is 15.8 Å². The molecule has 0 bridgehead atoms. The van der Waals surface area contributed by atoms with Crippen LogP contribution in [-0.4, -0.2) is 33.5 Å². The van der Waals surface area contributed by atoms with E-state index in [-0.39, 0.29) is 10.9 Å². The summed E-state index contributed by atoms with van der Waals surface area (Å²) in [7, 11) is -0.684. The highest BCUT2D eigenvalue weighted by Crippen LogP contribution is 2.39. The maximum atomic E-state index is 13.5. The molecule has 2 aromatic carbocycles. The van der Waals surface area contributed by atoms with Crippen molar-refractivity contribution in [3.63, 3.8) is 0 Å². The van der Waals surface area contributed by atoms with Gasteiger partial charge in [0.2, 0.25) is 10.0 Å².